The Morgan fingerprint density at radius 3 is 1.19 bits per heavy atom. The van der Waals surface area contributed by atoms with Crippen molar-refractivity contribution in [3.63, 3.8) is 0 Å². The molecule has 0 radical (unpaired) electrons. The smallest absolute Gasteiger partial charge is 0.328 e. The molecule has 130 valence electrons. The van der Waals surface area contributed by atoms with Crippen LogP contribution < -0.4 is 0 Å². The Labute approximate surface area is 130 Å². The molecule has 0 aliphatic carbocycles. The van der Waals surface area contributed by atoms with Crippen LogP contribution >= 0.6 is 16.5 Å². The molecule has 0 atom stereocenters. The second kappa shape index (κ2) is 17.0. The summed E-state index contributed by atoms with van der Waals surface area (Å²) < 4.78 is 0. The summed E-state index contributed by atoms with van der Waals surface area (Å²) in [5.74, 6) is 0. The van der Waals surface area contributed by atoms with E-state index in [1.165, 1.54) is 51.4 Å². The average molecular weight is 347 g/mol. The molecular weight excluding hydrogens is 314 g/mol. The predicted molar refractivity (Wildman–Crippen MR) is 88.5 cm³/mol. The SMILES string of the molecule is CCCCCCCCCCCCC[P+](O)(O)O.OP(O)O. The molecule has 0 fully saturated rings. The van der Waals surface area contributed by atoms with Crippen molar-refractivity contribution in [2.24, 2.45) is 0 Å². The third-order valence-corrected chi connectivity index (χ3v) is 3.98. The summed E-state index contributed by atoms with van der Waals surface area (Å²) in [7, 11) is -6.11. The lowest BCUT2D eigenvalue weighted by Crippen LogP contribution is -1.95. The van der Waals surface area contributed by atoms with Crippen molar-refractivity contribution in [3.05, 3.63) is 0 Å². The summed E-state index contributed by atoms with van der Waals surface area (Å²) in [5.41, 5.74) is 0. The van der Waals surface area contributed by atoms with Gasteiger partial charge in [-0.1, -0.05) is 64.7 Å². The molecule has 8 heteroatoms. The first kappa shape index (κ1) is 23.9. The monoisotopic (exact) mass is 347 g/mol. The molecule has 0 aliphatic rings. The quantitative estimate of drug-likeness (QED) is 0.238. The second-order valence-corrected chi connectivity index (χ2v) is 7.59. The van der Waals surface area contributed by atoms with Crippen LogP contribution in [0.25, 0.3) is 0 Å². The minimum absolute atomic E-state index is 0.171. The van der Waals surface area contributed by atoms with Crippen LogP contribution in [0.1, 0.15) is 77.6 Å². The van der Waals surface area contributed by atoms with Crippen LogP contribution in [0.3, 0.4) is 0 Å². The Morgan fingerprint density at radius 2 is 0.905 bits per heavy atom. The number of hydrogen-bond donors (Lipinski definition) is 6. The van der Waals surface area contributed by atoms with Gasteiger partial charge in [-0.2, -0.15) is 14.7 Å². The maximum atomic E-state index is 8.78. The Bertz CT molecular complexity index is 197. The van der Waals surface area contributed by atoms with E-state index in [1.807, 2.05) is 0 Å². The van der Waals surface area contributed by atoms with Crippen molar-refractivity contribution in [2.75, 3.05) is 6.16 Å². The van der Waals surface area contributed by atoms with Gasteiger partial charge < -0.3 is 14.7 Å². The van der Waals surface area contributed by atoms with Crippen molar-refractivity contribution >= 4 is 16.5 Å². The van der Waals surface area contributed by atoms with Crippen molar-refractivity contribution in [3.8, 4) is 0 Å². The van der Waals surface area contributed by atoms with Crippen molar-refractivity contribution < 1.29 is 29.4 Å². The van der Waals surface area contributed by atoms with Crippen molar-refractivity contribution in [1.29, 1.82) is 0 Å². The maximum Gasteiger partial charge on any atom is 0.403 e. The molecule has 0 bridgehead atoms. The molecule has 0 amide bonds. The van der Waals surface area contributed by atoms with Crippen LogP contribution in [-0.4, -0.2) is 35.5 Å². The maximum absolute atomic E-state index is 8.78. The second-order valence-electron chi connectivity index (χ2n) is 5.22. The largest absolute Gasteiger partial charge is 0.403 e. The topological polar surface area (TPSA) is 121 Å². The standard InChI is InChI=1S/C13H30O3P.H3O3P/c1-2-3-4-5-6-7-8-9-10-11-12-13-17(14,15)16;1-4(2)3/h14-16H,2-13H2,1H3;1-3H/q+1;. The van der Waals surface area contributed by atoms with Gasteiger partial charge in [0.15, 0.2) is 0 Å². The number of rotatable bonds is 12. The zero-order valence-corrected chi connectivity index (χ0v) is 14.9. The van der Waals surface area contributed by atoms with Gasteiger partial charge in [-0.25, -0.2) is 0 Å². The van der Waals surface area contributed by atoms with Gasteiger partial charge >= 0.3 is 16.5 Å². The van der Waals surface area contributed by atoms with E-state index in [2.05, 4.69) is 6.92 Å². The summed E-state index contributed by atoms with van der Waals surface area (Å²) in [5, 5.41) is 0. The average Bonchev–Trinajstić information content (AvgIpc) is 2.34. The Balaban J connectivity index is 0. The first-order chi connectivity index (χ1) is 9.79. The molecule has 0 unspecified atom stereocenters. The van der Waals surface area contributed by atoms with Gasteiger partial charge in [0.2, 0.25) is 0 Å². The molecule has 0 aliphatic heterocycles. The van der Waals surface area contributed by atoms with E-state index in [0.717, 1.165) is 19.3 Å². The molecule has 6 nitrogen and oxygen atoms in total. The van der Waals surface area contributed by atoms with Crippen LogP contribution in [0.2, 0.25) is 0 Å². The Morgan fingerprint density at radius 1 is 0.619 bits per heavy atom. The van der Waals surface area contributed by atoms with Crippen LogP contribution in [-0.2, 0) is 0 Å². The lowest BCUT2D eigenvalue weighted by atomic mass is 10.1. The van der Waals surface area contributed by atoms with E-state index in [4.69, 9.17) is 29.4 Å². The van der Waals surface area contributed by atoms with Crippen LogP contribution in [0.5, 0.6) is 0 Å². The van der Waals surface area contributed by atoms with Gasteiger partial charge in [0.25, 0.3) is 0 Å². The van der Waals surface area contributed by atoms with Crippen LogP contribution in [0.4, 0.5) is 0 Å². The third kappa shape index (κ3) is 33.4. The van der Waals surface area contributed by atoms with E-state index in [-0.39, 0.29) is 6.16 Å². The first-order valence-corrected chi connectivity index (χ1v) is 10.8. The molecule has 0 aromatic carbocycles. The molecule has 0 saturated heterocycles. The van der Waals surface area contributed by atoms with Gasteiger partial charge in [0, 0.05) is 0 Å². The van der Waals surface area contributed by atoms with E-state index in [0.29, 0.717) is 0 Å². The van der Waals surface area contributed by atoms with Gasteiger partial charge in [-0.3, -0.25) is 0 Å². The highest BCUT2D eigenvalue weighted by molar-refractivity contribution is 7.58. The molecule has 0 aromatic heterocycles. The van der Waals surface area contributed by atoms with Crippen molar-refractivity contribution in [1.82, 2.24) is 0 Å². The van der Waals surface area contributed by atoms with Crippen LogP contribution in [0, 0.1) is 0 Å². The van der Waals surface area contributed by atoms with E-state index in [9.17, 15) is 0 Å². The van der Waals surface area contributed by atoms with E-state index in [1.54, 1.807) is 0 Å². The summed E-state index contributed by atoms with van der Waals surface area (Å²) in [6, 6.07) is 0. The highest BCUT2D eigenvalue weighted by atomic mass is 31.2. The molecule has 0 rings (SSSR count). The molecule has 0 aromatic rings. The normalized spacial score (nSPS) is 11.4. The van der Waals surface area contributed by atoms with Crippen molar-refractivity contribution in [2.45, 2.75) is 77.6 Å². The minimum Gasteiger partial charge on any atom is -0.328 e. The van der Waals surface area contributed by atoms with Gasteiger partial charge in [-0.05, 0) is 12.8 Å². The molecule has 0 heterocycles. The summed E-state index contributed by atoms with van der Waals surface area (Å²) in [6.45, 7) is 2.24. The zero-order chi connectivity index (χ0) is 16.6. The highest BCUT2D eigenvalue weighted by Crippen LogP contribution is 2.45. The van der Waals surface area contributed by atoms with Gasteiger partial charge in [0.05, 0.1) is 0 Å². The summed E-state index contributed by atoms with van der Waals surface area (Å²) in [6.07, 6.45) is 13.7. The summed E-state index contributed by atoms with van der Waals surface area (Å²) in [4.78, 5) is 48.0. The lowest BCUT2D eigenvalue weighted by molar-refractivity contribution is 0.328. The molecule has 0 spiro atoms. The summed E-state index contributed by atoms with van der Waals surface area (Å²) >= 11 is 0. The van der Waals surface area contributed by atoms with Gasteiger partial charge in [0.1, 0.15) is 6.16 Å². The predicted octanol–water partition coefficient (Wildman–Crippen LogP) is 3.23. The zero-order valence-electron chi connectivity index (χ0n) is 13.1. The van der Waals surface area contributed by atoms with E-state index < -0.39 is 16.5 Å². The molecular formula is C13H33O6P2+. The number of hydrogen-bond acceptors (Lipinski definition) is 6. The molecule has 0 saturated carbocycles. The third-order valence-electron chi connectivity index (χ3n) is 3.06. The lowest BCUT2D eigenvalue weighted by Gasteiger charge is -2.04. The minimum atomic E-state index is -3.49. The Hall–Kier alpha value is 0.620. The van der Waals surface area contributed by atoms with Gasteiger partial charge in [-0.15, -0.1) is 0 Å². The Kier molecular flexibility index (Phi) is 19.3. The molecule has 6 N–H and O–H groups in total. The fourth-order valence-electron chi connectivity index (χ4n) is 1.99. The van der Waals surface area contributed by atoms with Crippen LogP contribution in [0.15, 0.2) is 0 Å². The van der Waals surface area contributed by atoms with E-state index >= 15 is 0 Å². The fraction of sp³-hybridized carbons (Fsp3) is 1.00. The first-order valence-electron chi connectivity index (χ1n) is 7.72. The fourth-order valence-corrected chi connectivity index (χ4v) is 2.64. The highest BCUT2D eigenvalue weighted by Gasteiger charge is 2.27. The molecule has 21 heavy (non-hydrogen) atoms. The number of unbranched alkanes of at least 4 members (excludes halogenated alkanes) is 10.